The molecule has 2 aromatic rings. The molecule has 6 heteroatoms. The van der Waals surface area contributed by atoms with Gasteiger partial charge in [0.15, 0.2) is 5.69 Å². The third-order valence-electron chi connectivity index (χ3n) is 3.28. The average molecular weight is 289 g/mol. The van der Waals surface area contributed by atoms with Crippen molar-refractivity contribution < 1.29 is 14.7 Å². The Balaban J connectivity index is 2.35. The standard InChI is InChI=1S/C15H19N3O3/c1-15(2,3)18(9-8-12(19)20)14(21)13-10-6-4-5-7-11(10)16-17-13/h4-7H,8-9H2,1-3H3,(H,16,17)(H,19,20). The van der Waals surface area contributed by atoms with Crippen LogP contribution >= 0.6 is 0 Å². The van der Waals surface area contributed by atoms with Gasteiger partial charge in [-0.05, 0) is 26.8 Å². The number of amides is 1. The number of hydrogen-bond acceptors (Lipinski definition) is 3. The molecule has 0 bridgehead atoms. The number of nitrogens with zero attached hydrogens (tertiary/aromatic N) is 2. The van der Waals surface area contributed by atoms with Gasteiger partial charge in [-0.25, -0.2) is 0 Å². The Bertz CT molecular complexity index is 670. The highest BCUT2D eigenvalue weighted by Crippen LogP contribution is 2.21. The number of nitrogens with one attached hydrogen (secondary N) is 1. The topological polar surface area (TPSA) is 86.3 Å². The summed E-state index contributed by atoms with van der Waals surface area (Å²) >= 11 is 0. The smallest absolute Gasteiger partial charge is 0.305 e. The summed E-state index contributed by atoms with van der Waals surface area (Å²) in [5.41, 5.74) is 0.630. The van der Waals surface area contributed by atoms with Crippen LogP contribution in [0.1, 0.15) is 37.7 Å². The van der Waals surface area contributed by atoms with Gasteiger partial charge in [0.2, 0.25) is 0 Å². The van der Waals surface area contributed by atoms with E-state index in [9.17, 15) is 9.59 Å². The lowest BCUT2D eigenvalue weighted by Gasteiger charge is -2.35. The molecule has 0 atom stereocenters. The molecule has 0 unspecified atom stereocenters. The molecular weight excluding hydrogens is 270 g/mol. The van der Waals surface area contributed by atoms with Gasteiger partial charge in [-0.15, -0.1) is 0 Å². The molecule has 6 nitrogen and oxygen atoms in total. The largest absolute Gasteiger partial charge is 0.481 e. The SMILES string of the molecule is CC(C)(C)N(CCC(=O)O)C(=O)c1n[nH]c2ccccc12. The van der Waals surface area contributed by atoms with E-state index in [1.807, 2.05) is 45.0 Å². The Morgan fingerprint density at radius 3 is 2.57 bits per heavy atom. The fourth-order valence-corrected chi connectivity index (χ4v) is 2.20. The quantitative estimate of drug-likeness (QED) is 0.904. The first-order chi connectivity index (χ1) is 9.80. The zero-order valence-electron chi connectivity index (χ0n) is 12.4. The maximum Gasteiger partial charge on any atom is 0.305 e. The van der Waals surface area contributed by atoms with Crippen LogP contribution in [0.4, 0.5) is 0 Å². The van der Waals surface area contributed by atoms with E-state index in [1.165, 1.54) is 0 Å². The van der Waals surface area contributed by atoms with Crippen molar-refractivity contribution in [2.45, 2.75) is 32.7 Å². The summed E-state index contributed by atoms with van der Waals surface area (Å²) in [4.78, 5) is 25.1. The highest BCUT2D eigenvalue weighted by molar-refractivity contribution is 6.04. The molecule has 2 N–H and O–H groups in total. The van der Waals surface area contributed by atoms with Crippen molar-refractivity contribution in [1.29, 1.82) is 0 Å². The van der Waals surface area contributed by atoms with Gasteiger partial charge >= 0.3 is 5.97 Å². The third kappa shape index (κ3) is 3.21. The Labute approximate surface area is 122 Å². The van der Waals surface area contributed by atoms with Crippen molar-refractivity contribution in [3.8, 4) is 0 Å². The maximum absolute atomic E-state index is 12.7. The van der Waals surface area contributed by atoms with Crippen molar-refractivity contribution in [2.75, 3.05) is 6.54 Å². The molecule has 1 amide bonds. The van der Waals surface area contributed by atoms with E-state index in [1.54, 1.807) is 4.90 Å². The number of carboxylic acid groups (broad SMARTS) is 1. The molecule has 0 aliphatic carbocycles. The van der Waals surface area contributed by atoms with Crippen LogP contribution in [-0.2, 0) is 4.79 Å². The molecule has 0 saturated carbocycles. The maximum atomic E-state index is 12.7. The summed E-state index contributed by atoms with van der Waals surface area (Å²) in [6.45, 7) is 5.78. The summed E-state index contributed by atoms with van der Waals surface area (Å²) in [5, 5.41) is 16.5. The number of carboxylic acids is 1. The molecule has 1 aromatic carbocycles. The van der Waals surface area contributed by atoms with Crippen molar-refractivity contribution in [2.24, 2.45) is 0 Å². The van der Waals surface area contributed by atoms with Crippen LogP contribution in [0, 0.1) is 0 Å². The number of para-hydroxylation sites is 1. The van der Waals surface area contributed by atoms with Crippen LogP contribution in [0.2, 0.25) is 0 Å². The summed E-state index contributed by atoms with van der Waals surface area (Å²) in [6.07, 6.45) is -0.0919. The Kier molecular flexibility index (Phi) is 3.97. The second kappa shape index (κ2) is 5.55. The van der Waals surface area contributed by atoms with Gasteiger partial charge < -0.3 is 10.0 Å². The number of aromatic amines is 1. The van der Waals surface area contributed by atoms with Crippen molar-refractivity contribution >= 4 is 22.8 Å². The molecule has 0 aliphatic rings. The summed E-state index contributed by atoms with van der Waals surface area (Å²) in [7, 11) is 0. The number of H-pyrrole nitrogens is 1. The number of rotatable bonds is 4. The molecule has 0 fully saturated rings. The van der Waals surface area contributed by atoms with Gasteiger partial charge in [-0.2, -0.15) is 5.10 Å². The fraction of sp³-hybridized carbons (Fsp3) is 0.400. The van der Waals surface area contributed by atoms with Gasteiger partial charge in [0.25, 0.3) is 5.91 Å². The van der Waals surface area contributed by atoms with Crippen LogP contribution in [0.5, 0.6) is 0 Å². The second-order valence-corrected chi connectivity index (χ2v) is 5.89. The molecule has 112 valence electrons. The highest BCUT2D eigenvalue weighted by Gasteiger charge is 2.30. The minimum Gasteiger partial charge on any atom is -0.481 e. The molecule has 0 aliphatic heterocycles. The van der Waals surface area contributed by atoms with E-state index in [0.717, 1.165) is 10.9 Å². The number of aliphatic carboxylic acids is 1. The van der Waals surface area contributed by atoms with E-state index in [-0.39, 0.29) is 18.9 Å². The van der Waals surface area contributed by atoms with Crippen LogP contribution in [-0.4, -0.2) is 44.2 Å². The number of carbonyl (C=O) groups excluding carboxylic acids is 1. The first-order valence-electron chi connectivity index (χ1n) is 6.77. The lowest BCUT2D eigenvalue weighted by Crippen LogP contribution is -2.46. The van der Waals surface area contributed by atoms with Crippen molar-refractivity contribution in [3.63, 3.8) is 0 Å². The molecule has 1 aromatic heterocycles. The van der Waals surface area contributed by atoms with E-state index in [4.69, 9.17) is 5.11 Å². The number of aromatic nitrogens is 2. The molecule has 0 saturated heterocycles. The molecule has 0 radical (unpaired) electrons. The van der Waals surface area contributed by atoms with Gasteiger partial charge in [-0.1, -0.05) is 18.2 Å². The van der Waals surface area contributed by atoms with E-state index >= 15 is 0 Å². The number of fused-ring (bicyclic) bond motifs is 1. The monoisotopic (exact) mass is 289 g/mol. The zero-order chi connectivity index (χ0) is 15.6. The predicted octanol–water partition coefficient (Wildman–Crippen LogP) is 2.28. The highest BCUT2D eigenvalue weighted by atomic mass is 16.4. The van der Waals surface area contributed by atoms with Gasteiger partial charge in [0.05, 0.1) is 11.9 Å². The number of hydrogen-bond donors (Lipinski definition) is 2. The minimum absolute atomic E-state index is 0.0919. The molecular formula is C15H19N3O3. The Morgan fingerprint density at radius 2 is 1.95 bits per heavy atom. The van der Waals surface area contributed by atoms with Crippen LogP contribution in [0.15, 0.2) is 24.3 Å². The van der Waals surface area contributed by atoms with Gasteiger partial charge in [-0.3, -0.25) is 14.7 Å². The lowest BCUT2D eigenvalue weighted by molar-refractivity contribution is -0.137. The fourth-order valence-electron chi connectivity index (χ4n) is 2.20. The van der Waals surface area contributed by atoms with E-state index < -0.39 is 11.5 Å². The second-order valence-electron chi connectivity index (χ2n) is 5.89. The zero-order valence-corrected chi connectivity index (χ0v) is 12.4. The summed E-state index contributed by atoms with van der Waals surface area (Å²) < 4.78 is 0. The van der Waals surface area contributed by atoms with Crippen molar-refractivity contribution in [3.05, 3.63) is 30.0 Å². The number of carbonyl (C=O) groups is 2. The normalized spacial score (nSPS) is 11.6. The number of benzene rings is 1. The average Bonchev–Trinajstić information content (AvgIpc) is 2.80. The van der Waals surface area contributed by atoms with Crippen molar-refractivity contribution in [1.82, 2.24) is 15.1 Å². The Hall–Kier alpha value is -2.37. The molecule has 21 heavy (non-hydrogen) atoms. The van der Waals surface area contributed by atoms with E-state index in [0.29, 0.717) is 5.69 Å². The molecule has 2 rings (SSSR count). The van der Waals surface area contributed by atoms with Crippen LogP contribution < -0.4 is 0 Å². The first-order valence-corrected chi connectivity index (χ1v) is 6.77. The van der Waals surface area contributed by atoms with Gasteiger partial charge in [0.1, 0.15) is 0 Å². The van der Waals surface area contributed by atoms with Crippen LogP contribution in [0.25, 0.3) is 10.9 Å². The van der Waals surface area contributed by atoms with Crippen LogP contribution in [0.3, 0.4) is 0 Å². The third-order valence-corrected chi connectivity index (χ3v) is 3.28. The molecule has 0 spiro atoms. The predicted molar refractivity (Wildman–Crippen MR) is 79.1 cm³/mol. The Morgan fingerprint density at radius 1 is 1.29 bits per heavy atom. The summed E-state index contributed by atoms with van der Waals surface area (Å²) in [6, 6.07) is 7.37. The van der Waals surface area contributed by atoms with E-state index in [2.05, 4.69) is 10.2 Å². The summed E-state index contributed by atoms with van der Waals surface area (Å²) in [5.74, 6) is -1.19. The van der Waals surface area contributed by atoms with Gasteiger partial charge in [0, 0.05) is 17.5 Å². The minimum atomic E-state index is -0.927. The lowest BCUT2D eigenvalue weighted by atomic mass is 10.0. The first kappa shape index (κ1) is 15.0. The molecule has 1 heterocycles.